The monoisotopic (exact) mass is 558 g/mol. The molecule has 1 aromatic heterocycles. The van der Waals surface area contributed by atoms with Crippen LogP contribution in [0, 0.1) is 6.92 Å². The first kappa shape index (κ1) is 27.4. The van der Waals surface area contributed by atoms with Gasteiger partial charge in [-0.1, -0.05) is 31.6 Å². The Labute approximate surface area is 207 Å². The molecule has 1 aliphatic heterocycles. The number of aromatic nitrogens is 2. The molecule has 1 aliphatic carbocycles. The summed E-state index contributed by atoms with van der Waals surface area (Å²) in [7, 11) is -9.90. The molecule has 15 heteroatoms. The number of rotatable bonds is 8. The number of aryl methyl sites for hydroxylation is 1. The third-order valence-electron chi connectivity index (χ3n) is 5.93. The molecule has 4 rings (SSSR count). The minimum absolute atomic E-state index is 0.0719. The number of nitrogens with one attached hydrogen (secondary N) is 2. The number of halogens is 7. The molecule has 1 saturated carbocycles. The van der Waals surface area contributed by atoms with Gasteiger partial charge in [0, 0.05) is 24.9 Å². The van der Waals surface area contributed by atoms with Crippen LogP contribution in [0.3, 0.4) is 0 Å². The number of hydrogen-bond donors (Lipinski definition) is 2. The van der Waals surface area contributed by atoms with E-state index in [1.807, 2.05) is 0 Å². The topological polar surface area (TPSA) is 85.4 Å². The number of carbonyl (C=O) groups is 1. The van der Waals surface area contributed by atoms with Gasteiger partial charge in [-0.25, -0.2) is 18.7 Å². The number of ether oxygens (including phenoxy) is 2. The van der Waals surface area contributed by atoms with Crippen LogP contribution in [0.2, 0.25) is 0 Å². The van der Waals surface area contributed by atoms with Crippen LogP contribution in [0.1, 0.15) is 54.7 Å². The second-order valence-corrected chi connectivity index (χ2v) is 11.6. The number of nitrogens with zero attached hydrogens (tertiary/aromatic N) is 2. The highest BCUT2D eigenvalue weighted by Crippen LogP contribution is 3.02. The Morgan fingerprint density at radius 3 is 2.38 bits per heavy atom. The average Bonchev–Trinajstić information content (AvgIpc) is 3.25. The molecule has 206 valence electrons. The molecule has 2 aromatic rings. The average molecular weight is 559 g/mol. The van der Waals surface area contributed by atoms with Gasteiger partial charge in [-0.2, -0.15) is 0 Å². The summed E-state index contributed by atoms with van der Waals surface area (Å²) in [6, 6.07) is 1.21. The maximum absolute atomic E-state index is 13.3. The van der Waals surface area contributed by atoms with Crippen LogP contribution < -0.4 is 10.6 Å². The van der Waals surface area contributed by atoms with Gasteiger partial charge in [-0.3, -0.25) is 4.79 Å². The Morgan fingerprint density at radius 2 is 1.78 bits per heavy atom. The third-order valence-corrected chi connectivity index (χ3v) is 7.08. The van der Waals surface area contributed by atoms with Crippen molar-refractivity contribution in [1.82, 2.24) is 15.3 Å². The molecule has 1 amide bonds. The van der Waals surface area contributed by atoms with Gasteiger partial charge >= 0.3 is 10.2 Å². The van der Waals surface area contributed by atoms with Crippen LogP contribution in [0.15, 0.2) is 29.2 Å². The molecule has 2 N–H and O–H groups in total. The van der Waals surface area contributed by atoms with E-state index in [1.54, 1.807) is 0 Å². The number of hydrogen-bond acceptors (Lipinski definition) is 6. The highest BCUT2D eigenvalue weighted by molar-refractivity contribution is 8.45. The highest BCUT2D eigenvalue weighted by atomic mass is 32.5. The zero-order valence-electron chi connectivity index (χ0n) is 19.8. The summed E-state index contributed by atoms with van der Waals surface area (Å²) >= 11 is 0. The minimum Gasteiger partial charge on any atom is -0.363 e. The van der Waals surface area contributed by atoms with Gasteiger partial charge in [-0.05, 0) is 31.5 Å². The Hall–Kier alpha value is -2.65. The summed E-state index contributed by atoms with van der Waals surface area (Å²) in [5.74, 6) is -3.12. The largest absolute Gasteiger partial charge is 0.363 e. The lowest BCUT2D eigenvalue weighted by atomic mass is 9.88. The Bertz CT molecular complexity index is 1200. The van der Waals surface area contributed by atoms with Crippen LogP contribution in [0.25, 0.3) is 0 Å². The molecule has 1 aromatic carbocycles. The lowest BCUT2D eigenvalue weighted by Crippen LogP contribution is -2.50. The van der Waals surface area contributed by atoms with Crippen LogP contribution in [0.5, 0.6) is 0 Å². The molecule has 7 nitrogen and oxygen atoms in total. The Kier molecular flexibility index (Phi) is 6.44. The van der Waals surface area contributed by atoms with E-state index in [4.69, 9.17) is 9.47 Å². The van der Waals surface area contributed by atoms with Crippen molar-refractivity contribution in [3.8, 4) is 0 Å². The van der Waals surface area contributed by atoms with E-state index < -0.39 is 58.2 Å². The summed E-state index contributed by atoms with van der Waals surface area (Å²) in [6.07, 6.45) is -2.27. The fraction of sp³-hybridized carbons (Fsp3) is 0.500. The van der Waals surface area contributed by atoms with Crippen molar-refractivity contribution in [1.29, 1.82) is 0 Å². The molecule has 0 radical (unpaired) electrons. The van der Waals surface area contributed by atoms with E-state index in [1.165, 1.54) is 19.9 Å². The second-order valence-electron chi connectivity index (χ2n) is 9.17. The van der Waals surface area contributed by atoms with Crippen molar-refractivity contribution in [2.75, 3.05) is 18.5 Å². The summed E-state index contributed by atoms with van der Waals surface area (Å²) in [6.45, 7) is 3.38. The van der Waals surface area contributed by atoms with Crippen molar-refractivity contribution in [3.63, 3.8) is 0 Å². The summed E-state index contributed by atoms with van der Waals surface area (Å²) in [4.78, 5) is 19.1. The zero-order valence-corrected chi connectivity index (χ0v) is 20.6. The molecule has 1 atom stereocenters. The molecule has 0 bridgehead atoms. The number of anilines is 1. The van der Waals surface area contributed by atoms with Crippen LogP contribution >= 0.6 is 10.2 Å². The van der Waals surface area contributed by atoms with E-state index in [2.05, 4.69) is 20.6 Å². The molecule has 37 heavy (non-hydrogen) atoms. The smallest absolute Gasteiger partial charge is 0.310 e. The van der Waals surface area contributed by atoms with Gasteiger partial charge in [0.25, 0.3) is 5.92 Å². The number of benzene rings is 1. The van der Waals surface area contributed by atoms with Crippen LogP contribution in [-0.4, -0.2) is 41.1 Å². The minimum atomic E-state index is -9.90. The van der Waals surface area contributed by atoms with Gasteiger partial charge in [-0.15, -0.1) is 0 Å². The van der Waals surface area contributed by atoms with Crippen molar-refractivity contribution in [3.05, 3.63) is 46.9 Å². The fourth-order valence-electron chi connectivity index (χ4n) is 4.16. The van der Waals surface area contributed by atoms with Crippen molar-refractivity contribution in [2.45, 2.75) is 62.3 Å². The lowest BCUT2D eigenvalue weighted by Gasteiger charge is -2.40. The van der Waals surface area contributed by atoms with Crippen molar-refractivity contribution >= 4 is 21.9 Å². The first-order valence-electron chi connectivity index (χ1n) is 11.3. The van der Waals surface area contributed by atoms with E-state index >= 15 is 0 Å². The maximum atomic E-state index is 13.3. The Balaban J connectivity index is 1.62. The molecule has 2 fully saturated rings. The van der Waals surface area contributed by atoms with Crippen LogP contribution in [0.4, 0.5) is 34.0 Å². The molecular weight excluding hydrogens is 533 g/mol. The predicted molar refractivity (Wildman–Crippen MR) is 121 cm³/mol. The second kappa shape index (κ2) is 8.70. The van der Waals surface area contributed by atoms with E-state index in [0.717, 1.165) is 6.07 Å². The molecular formula is C22H25F7N4O3S. The standard InChI is InChI=1S/C22H25F7N4O3S/c1-12(14-4-3-5-16(8-14)37(25,26,27,28)29)30-20-19(21-35-6-7-36-21)17(31-13(2)32-20)9-18(34)33-15-10-22(23,24)11-15/h3-5,8,12,15,21H,6-7,9-11H2,1-2H3,(H,33,34)(H,30,31,32)/t12-/m1/s1. The van der Waals surface area contributed by atoms with E-state index in [0.29, 0.717) is 12.1 Å². The quantitative estimate of drug-likeness (QED) is 0.380. The summed E-state index contributed by atoms with van der Waals surface area (Å²) < 4.78 is 104. The molecule has 0 spiro atoms. The van der Waals surface area contributed by atoms with Gasteiger partial charge in [0.15, 0.2) is 6.29 Å². The lowest BCUT2D eigenvalue weighted by molar-refractivity contribution is -0.128. The summed E-state index contributed by atoms with van der Waals surface area (Å²) in [5, 5.41) is 5.41. The maximum Gasteiger partial charge on any atom is 0.310 e. The van der Waals surface area contributed by atoms with Gasteiger partial charge in [0.05, 0.1) is 30.9 Å². The normalized spacial score (nSPS) is 21.0. The SMILES string of the molecule is Cc1nc(CC(=O)NC2CC(F)(F)C2)c(C2OCCO2)c(N[C@H](C)c2cccc(S(F)(F)(F)(F)F)c2)n1. The molecule has 2 heterocycles. The molecule has 0 unspecified atom stereocenters. The van der Waals surface area contributed by atoms with Crippen molar-refractivity contribution < 1.29 is 42.5 Å². The van der Waals surface area contributed by atoms with E-state index in [-0.39, 0.29) is 48.1 Å². The highest BCUT2D eigenvalue weighted by Gasteiger charge is 2.65. The van der Waals surface area contributed by atoms with Gasteiger partial charge < -0.3 is 20.1 Å². The number of amides is 1. The van der Waals surface area contributed by atoms with Gasteiger partial charge in [0.2, 0.25) is 5.91 Å². The molecule has 1 saturated heterocycles. The van der Waals surface area contributed by atoms with Crippen LogP contribution in [-0.2, 0) is 20.7 Å². The van der Waals surface area contributed by atoms with Gasteiger partial charge in [0.1, 0.15) is 16.5 Å². The fourth-order valence-corrected chi connectivity index (χ4v) is 4.86. The van der Waals surface area contributed by atoms with Crippen molar-refractivity contribution in [2.24, 2.45) is 0 Å². The predicted octanol–water partition coefficient (Wildman–Crippen LogP) is 6.12. The van der Waals surface area contributed by atoms with E-state index in [9.17, 15) is 33.0 Å². The third kappa shape index (κ3) is 6.62. The first-order chi connectivity index (χ1) is 16.9. The Morgan fingerprint density at radius 1 is 1.14 bits per heavy atom. The number of alkyl halides is 2. The number of carbonyl (C=O) groups excluding carboxylic acids is 1. The zero-order chi connectivity index (χ0) is 27.3. The first-order valence-corrected chi connectivity index (χ1v) is 13.2. The summed E-state index contributed by atoms with van der Waals surface area (Å²) in [5.41, 5.74) is 0.276. The molecule has 2 aliphatic rings.